The van der Waals surface area contributed by atoms with Crippen molar-refractivity contribution in [1.29, 1.82) is 0 Å². The molecule has 1 aromatic heterocycles. The average molecular weight is 165 g/mol. The van der Waals surface area contributed by atoms with Crippen LogP contribution in [0.1, 0.15) is 0 Å². The molecule has 0 bridgehead atoms. The molecule has 0 aliphatic rings. The molecule has 0 amide bonds. The Balaban J connectivity index is 2.46. The van der Waals surface area contributed by atoms with E-state index in [1.165, 1.54) is 0 Å². The second-order valence-electron chi connectivity index (χ2n) is 2.18. The van der Waals surface area contributed by atoms with Crippen LogP contribution in [-0.4, -0.2) is 15.6 Å². The third-order valence-corrected chi connectivity index (χ3v) is 1.41. The summed E-state index contributed by atoms with van der Waals surface area (Å²) < 4.78 is 9.07. The zero-order valence-electron chi connectivity index (χ0n) is 6.15. The number of hydrogen-bond acceptors (Lipinski definition) is 3. The van der Waals surface area contributed by atoms with Gasteiger partial charge in [-0.05, 0) is 10.5 Å². The number of rotatable bonds is 1. The smallest absolute Gasteiger partial charge is 0.211 e. The van der Waals surface area contributed by atoms with Crippen LogP contribution < -0.4 is 0 Å². The lowest BCUT2D eigenvalue weighted by molar-refractivity contribution is 0.0740. The normalized spacial score (nSPS) is 9.67. The first-order valence-corrected chi connectivity index (χ1v) is 3.43. The van der Waals surface area contributed by atoms with Gasteiger partial charge in [-0.25, -0.2) is 4.63 Å². The van der Waals surface area contributed by atoms with Crippen LogP contribution in [0.2, 0.25) is 0 Å². The number of nitrogens with one attached hydrogen (secondary N) is 2. The third kappa shape index (κ3) is 1.24. The maximum absolute atomic E-state index is 4.58. The summed E-state index contributed by atoms with van der Waals surface area (Å²) in [5.74, 6) is 0.536. The molecule has 0 aliphatic carbocycles. The van der Waals surface area contributed by atoms with E-state index in [1.54, 1.807) is 0 Å². The van der Waals surface area contributed by atoms with Gasteiger partial charge in [0.2, 0.25) is 5.82 Å². The van der Waals surface area contributed by atoms with Crippen molar-refractivity contribution in [2.24, 2.45) is 0 Å². The van der Waals surface area contributed by atoms with E-state index < -0.39 is 0 Å². The zero-order chi connectivity index (χ0) is 8.23. The maximum atomic E-state index is 4.58. The summed E-state index contributed by atoms with van der Waals surface area (Å²) in [6.07, 6.45) is 0. The van der Waals surface area contributed by atoms with E-state index >= 15 is 0 Å². The van der Waals surface area contributed by atoms with Crippen LogP contribution in [0.25, 0.3) is 11.4 Å². The predicted molar refractivity (Wildman–Crippen MR) is 40.5 cm³/mol. The van der Waals surface area contributed by atoms with Crippen molar-refractivity contribution < 1.29 is 9.26 Å². The fourth-order valence-electron chi connectivity index (χ4n) is 0.878. The van der Waals surface area contributed by atoms with Crippen molar-refractivity contribution >= 4 is 0 Å². The molecular weight excluding hydrogens is 158 g/mol. The first kappa shape index (κ1) is 6.78. The van der Waals surface area contributed by atoms with E-state index in [0.717, 1.165) is 5.56 Å². The number of benzene rings is 1. The van der Waals surface area contributed by atoms with Crippen LogP contribution in [-0.2, 0) is 0 Å². The largest absolute Gasteiger partial charge is 0.262 e. The van der Waals surface area contributed by atoms with Gasteiger partial charge >= 0.3 is 0 Å². The molecule has 0 radical (unpaired) electrons. The number of nitrogens with zero attached hydrogens (tertiary/aromatic N) is 1. The Morgan fingerprint density at radius 2 is 2.00 bits per heavy atom. The fourth-order valence-corrected chi connectivity index (χ4v) is 0.878. The zero-order valence-corrected chi connectivity index (χ0v) is 6.15. The minimum absolute atomic E-state index is 0.536. The van der Waals surface area contributed by atoms with Gasteiger partial charge in [0.1, 0.15) is 0 Å². The Kier molecular flexibility index (Phi) is 1.69. The maximum Gasteiger partial charge on any atom is 0.211 e. The fraction of sp³-hybridized carbons (Fsp3) is 0. The molecule has 5 heteroatoms. The van der Waals surface area contributed by atoms with Crippen LogP contribution >= 0.6 is 0 Å². The summed E-state index contributed by atoms with van der Waals surface area (Å²) in [5, 5.41) is 8.30. The van der Waals surface area contributed by atoms with Gasteiger partial charge in [0.15, 0.2) is 0 Å². The molecule has 0 unspecified atom stereocenters. The van der Waals surface area contributed by atoms with Crippen LogP contribution in [0.4, 0.5) is 0 Å². The van der Waals surface area contributed by atoms with Crippen molar-refractivity contribution in [3.05, 3.63) is 30.3 Å². The summed E-state index contributed by atoms with van der Waals surface area (Å²) in [6.45, 7) is 0. The summed E-state index contributed by atoms with van der Waals surface area (Å²) in [4.78, 5) is 0. The lowest BCUT2D eigenvalue weighted by atomic mass is 10.2. The van der Waals surface area contributed by atoms with Crippen LogP contribution in [0, 0.1) is 0 Å². The van der Waals surface area contributed by atoms with Crippen molar-refractivity contribution in [2.75, 3.05) is 0 Å². The molecule has 2 N–H and O–H groups in total. The Morgan fingerprint density at radius 3 is 2.67 bits per heavy atom. The molecule has 0 atom stereocenters. The van der Waals surface area contributed by atoms with E-state index in [2.05, 4.69) is 24.9 Å². The van der Waals surface area contributed by atoms with Gasteiger partial charge in [0, 0.05) is 5.56 Å². The van der Waals surface area contributed by atoms with Crippen LogP contribution in [0.3, 0.4) is 0 Å². The molecule has 0 spiro atoms. The van der Waals surface area contributed by atoms with Gasteiger partial charge in [-0.2, -0.15) is 5.16 Å². The molecular formula is C7H7N3O2. The quantitative estimate of drug-likeness (QED) is 0.675. The van der Waals surface area contributed by atoms with Gasteiger partial charge in [0.25, 0.3) is 0 Å². The number of H-pyrrole nitrogens is 2. The minimum Gasteiger partial charge on any atom is -0.262 e. The monoisotopic (exact) mass is 165 g/mol. The van der Waals surface area contributed by atoms with Gasteiger partial charge in [0.05, 0.1) is 0 Å². The van der Waals surface area contributed by atoms with E-state index in [9.17, 15) is 0 Å². The van der Waals surface area contributed by atoms with Gasteiger partial charge < -0.3 is 0 Å². The Labute approximate surface area is 67.6 Å². The standard InChI is InChI=1S/C7H7N3O2/c1-2-4-6(5-3-1)7-8-11-10-12-9-7/h1-5,10H,(H,8,9). The van der Waals surface area contributed by atoms with Gasteiger partial charge in [-0.3, -0.25) is 4.63 Å². The predicted octanol–water partition coefficient (Wildman–Crippen LogP) is 1.72. The third-order valence-electron chi connectivity index (χ3n) is 1.41. The van der Waals surface area contributed by atoms with Crippen molar-refractivity contribution in [2.45, 2.75) is 0 Å². The summed E-state index contributed by atoms with van der Waals surface area (Å²) in [5.41, 5.74) is 0.902. The average Bonchev–Trinajstić information content (AvgIpc) is 2.21. The SMILES string of the molecule is c1ccc(-c2no[nH]o[nH]2)cc1. The molecule has 1 aromatic carbocycles. The highest BCUT2D eigenvalue weighted by Crippen LogP contribution is 2.10. The number of hydrogen-bond donors (Lipinski definition) is 2. The molecule has 2 aromatic rings. The molecule has 62 valence electrons. The molecule has 0 saturated carbocycles. The molecule has 0 fully saturated rings. The van der Waals surface area contributed by atoms with Crippen molar-refractivity contribution in [3.8, 4) is 11.4 Å². The molecule has 2 rings (SSSR count). The Bertz CT molecular complexity index is 314. The van der Waals surface area contributed by atoms with Gasteiger partial charge in [-0.1, -0.05) is 30.3 Å². The lowest BCUT2D eigenvalue weighted by Gasteiger charge is -1.95. The topological polar surface area (TPSA) is 70.8 Å². The molecule has 0 saturated heterocycles. The number of aromatic nitrogens is 3. The Morgan fingerprint density at radius 1 is 1.17 bits per heavy atom. The first-order valence-electron chi connectivity index (χ1n) is 3.43. The van der Waals surface area contributed by atoms with Crippen molar-refractivity contribution in [3.63, 3.8) is 0 Å². The molecule has 5 nitrogen and oxygen atoms in total. The van der Waals surface area contributed by atoms with E-state index in [4.69, 9.17) is 0 Å². The number of aromatic amines is 2. The highest BCUT2D eigenvalue weighted by molar-refractivity contribution is 5.52. The molecule has 1 heterocycles. The molecule has 0 aliphatic heterocycles. The van der Waals surface area contributed by atoms with Crippen LogP contribution in [0.5, 0.6) is 0 Å². The van der Waals surface area contributed by atoms with E-state index in [-0.39, 0.29) is 0 Å². The van der Waals surface area contributed by atoms with E-state index in [0.29, 0.717) is 5.82 Å². The second kappa shape index (κ2) is 3.00. The molecule has 12 heavy (non-hydrogen) atoms. The summed E-state index contributed by atoms with van der Waals surface area (Å²) in [6, 6.07) is 9.52. The second-order valence-corrected chi connectivity index (χ2v) is 2.18. The van der Waals surface area contributed by atoms with Crippen LogP contribution in [0.15, 0.2) is 39.6 Å². The first-order chi connectivity index (χ1) is 5.97. The van der Waals surface area contributed by atoms with E-state index in [1.807, 2.05) is 30.3 Å². The lowest BCUT2D eigenvalue weighted by Crippen LogP contribution is -1.87. The summed E-state index contributed by atoms with van der Waals surface area (Å²) in [7, 11) is 0. The Hall–Kier alpha value is -1.91. The summed E-state index contributed by atoms with van der Waals surface area (Å²) >= 11 is 0. The minimum atomic E-state index is 0.536. The van der Waals surface area contributed by atoms with Crippen molar-refractivity contribution in [1.82, 2.24) is 15.6 Å². The highest BCUT2D eigenvalue weighted by Gasteiger charge is 1.97. The van der Waals surface area contributed by atoms with Gasteiger partial charge in [-0.15, -0.1) is 0 Å². The highest BCUT2D eigenvalue weighted by atomic mass is 16.8.